The second-order valence-electron chi connectivity index (χ2n) is 3.50. The fourth-order valence-corrected chi connectivity index (χ4v) is 2.47. The van der Waals surface area contributed by atoms with Gasteiger partial charge >= 0.3 is 7.12 Å². The summed E-state index contributed by atoms with van der Waals surface area (Å²) in [4.78, 5) is 0. The van der Waals surface area contributed by atoms with E-state index in [1.807, 2.05) is 6.07 Å². The van der Waals surface area contributed by atoms with Crippen LogP contribution in [0, 0.1) is 13.8 Å². The molecule has 0 saturated heterocycles. The average molecular weight is 206 g/mol. The predicted octanol–water partition coefficient (Wildman–Crippen LogP) is 1.20. The number of aryl methyl sites for hydroxylation is 2. The van der Waals surface area contributed by atoms with Crippen molar-refractivity contribution in [1.29, 1.82) is 0 Å². The van der Waals surface area contributed by atoms with Crippen LogP contribution >= 0.6 is 11.3 Å². The van der Waals surface area contributed by atoms with Crippen molar-refractivity contribution in [3.8, 4) is 0 Å². The van der Waals surface area contributed by atoms with E-state index in [0.717, 1.165) is 10.1 Å². The maximum Gasteiger partial charge on any atom is 0.499 e. The molecule has 0 aliphatic heterocycles. The van der Waals surface area contributed by atoms with Gasteiger partial charge in [0.15, 0.2) is 0 Å². The van der Waals surface area contributed by atoms with E-state index in [1.165, 1.54) is 22.5 Å². The van der Waals surface area contributed by atoms with Gasteiger partial charge in [-0.05, 0) is 42.5 Å². The van der Waals surface area contributed by atoms with Gasteiger partial charge in [0.2, 0.25) is 0 Å². The number of hydrogen-bond acceptors (Lipinski definition) is 3. The van der Waals surface area contributed by atoms with E-state index < -0.39 is 7.12 Å². The highest BCUT2D eigenvalue weighted by Crippen LogP contribution is 2.23. The van der Waals surface area contributed by atoms with Crippen molar-refractivity contribution in [2.45, 2.75) is 13.8 Å². The van der Waals surface area contributed by atoms with Crippen LogP contribution in [-0.2, 0) is 0 Å². The Kier molecular flexibility index (Phi) is 2.35. The van der Waals surface area contributed by atoms with Gasteiger partial charge in [-0.25, -0.2) is 0 Å². The average Bonchev–Trinajstić information content (AvgIpc) is 2.48. The molecular formula is C10H11BO2S. The molecule has 0 atom stereocenters. The Hall–Kier alpha value is -0.835. The molecule has 2 nitrogen and oxygen atoms in total. The van der Waals surface area contributed by atoms with E-state index in [4.69, 9.17) is 10.0 Å². The molecule has 2 N–H and O–H groups in total. The van der Waals surface area contributed by atoms with E-state index in [1.54, 1.807) is 0 Å². The van der Waals surface area contributed by atoms with Gasteiger partial charge in [0.25, 0.3) is 0 Å². The third-order valence-electron chi connectivity index (χ3n) is 2.41. The summed E-state index contributed by atoms with van der Waals surface area (Å²) in [5.41, 5.74) is 2.47. The summed E-state index contributed by atoms with van der Waals surface area (Å²) in [6.07, 6.45) is 0. The molecule has 2 aromatic rings. The lowest BCUT2D eigenvalue weighted by Gasteiger charge is -1.98. The minimum atomic E-state index is -1.35. The van der Waals surface area contributed by atoms with Crippen LogP contribution in [0.15, 0.2) is 18.2 Å². The Bertz CT molecular complexity index is 437. The molecule has 1 heterocycles. The Morgan fingerprint density at radius 1 is 1.07 bits per heavy atom. The van der Waals surface area contributed by atoms with Crippen molar-refractivity contribution in [2.75, 3.05) is 0 Å². The lowest BCUT2D eigenvalue weighted by atomic mass is 9.89. The van der Waals surface area contributed by atoms with Gasteiger partial charge in [0.05, 0.1) is 0 Å². The smallest absolute Gasteiger partial charge is 0.423 e. The number of thiophene rings is 1. The van der Waals surface area contributed by atoms with Gasteiger partial charge < -0.3 is 10.0 Å². The van der Waals surface area contributed by atoms with Crippen LogP contribution in [0.5, 0.6) is 0 Å². The maximum atomic E-state index is 9.03. The van der Waals surface area contributed by atoms with Crippen molar-refractivity contribution in [3.05, 3.63) is 29.3 Å². The first kappa shape index (κ1) is 9.71. The Labute approximate surface area is 87.0 Å². The molecule has 0 fully saturated rings. The summed E-state index contributed by atoms with van der Waals surface area (Å²) in [5.74, 6) is 0. The van der Waals surface area contributed by atoms with Gasteiger partial charge in [0, 0.05) is 9.48 Å². The van der Waals surface area contributed by atoms with Gasteiger partial charge in [-0.3, -0.25) is 0 Å². The van der Waals surface area contributed by atoms with Crippen LogP contribution in [0.1, 0.15) is 11.1 Å². The molecule has 1 aromatic carbocycles. The molecule has 4 heteroatoms. The molecule has 0 aliphatic rings. The molecule has 0 unspecified atom stereocenters. The summed E-state index contributed by atoms with van der Waals surface area (Å²) in [6, 6.07) is 5.99. The molecule has 0 aliphatic carbocycles. The van der Waals surface area contributed by atoms with Crippen LogP contribution in [0.4, 0.5) is 0 Å². The van der Waals surface area contributed by atoms with Crippen LogP contribution < -0.4 is 4.78 Å². The van der Waals surface area contributed by atoms with Crippen molar-refractivity contribution in [1.82, 2.24) is 0 Å². The summed E-state index contributed by atoms with van der Waals surface area (Å²) >= 11 is 1.43. The van der Waals surface area contributed by atoms with Crippen molar-refractivity contribution in [3.63, 3.8) is 0 Å². The molecule has 0 bridgehead atoms. The molecular weight excluding hydrogens is 195 g/mol. The van der Waals surface area contributed by atoms with E-state index in [2.05, 4.69) is 26.0 Å². The number of rotatable bonds is 1. The number of fused-ring (bicyclic) bond motifs is 1. The van der Waals surface area contributed by atoms with Gasteiger partial charge in [-0.1, -0.05) is 6.07 Å². The number of benzene rings is 1. The lowest BCUT2D eigenvalue weighted by molar-refractivity contribution is 0.427. The van der Waals surface area contributed by atoms with Gasteiger partial charge in [0.1, 0.15) is 0 Å². The van der Waals surface area contributed by atoms with Gasteiger partial charge in [-0.2, -0.15) is 0 Å². The van der Waals surface area contributed by atoms with E-state index >= 15 is 0 Å². The highest BCUT2D eigenvalue weighted by atomic mass is 32.1. The van der Waals surface area contributed by atoms with E-state index in [0.29, 0.717) is 4.78 Å². The predicted molar refractivity (Wildman–Crippen MR) is 61.1 cm³/mol. The Morgan fingerprint density at radius 3 is 2.36 bits per heavy atom. The summed E-state index contributed by atoms with van der Waals surface area (Å²) in [6.45, 7) is 4.12. The number of hydrogen-bond donors (Lipinski definition) is 2. The first-order valence-electron chi connectivity index (χ1n) is 4.45. The van der Waals surface area contributed by atoms with Gasteiger partial charge in [-0.15, -0.1) is 11.3 Å². The summed E-state index contributed by atoms with van der Waals surface area (Å²) in [7, 11) is -1.35. The molecule has 0 amide bonds. The quantitative estimate of drug-likeness (QED) is 0.688. The zero-order valence-corrected chi connectivity index (χ0v) is 8.93. The van der Waals surface area contributed by atoms with E-state index in [9.17, 15) is 0 Å². The fourth-order valence-electron chi connectivity index (χ4n) is 1.45. The zero-order chi connectivity index (χ0) is 10.3. The second-order valence-corrected chi connectivity index (χ2v) is 4.61. The monoisotopic (exact) mass is 206 g/mol. The first-order valence-corrected chi connectivity index (χ1v) is 5.26. The molecule has 0 saturated carbocycles. The van der Waals surface area contributed by atoms with Crippen LogP contribution in [0.25, 0.3) is 10.1 Å². The van der Waals surface area contributed by atoms with Crippen LogP contribution in [0.2, 0.25) is 0 Å². The van der Waals surface area contributed by atoms with Crippen molar-refractivity contribution < 1.29 is 10.0 Å². The minimum absolute atomic E-state index is 0.602. The minimum Gasteiger partial charge on any atom is -0.423 e. The summed E-state index contributed by atoms with van der Waals surface area (Å²) in [5, 5.41) is 19.1. The Balaban J connectivity index is 2.66. The SMILES string of the molecule is Cc1cc2cc(B(O)O)sc2cc1C. The first-order chi connectivity index (χ1) is 6.58. The topological polar surface area (TPSA) is 40.5 Å². The molecule has 72 valence electrons. The molecule has 14 heavy (non-hydrogen) atoms. The highest BCUT2D eigenvalue weighted by molar-refractivity contribution is 7.27. The highest BCUT2D eigenvalue weighted by Gasteiger charge is 2.14. The third kappa shape index (κ3) is 1.56. The third-order valence-corrected chi connectivity index (χ3v) is 3.54. The van der Waals surface area contributed by atoms with Crippen molar-refractivity contribution >= 4 is 33.3 Å². The fraction of sp³-hybridized carbons (Fsp3) is 0.200. The normalized spacial score (nSPS) is 10.9. The summed E-state index contributed by atoms with van der Waals surface area (Å²) < 4.78 is 1.71. The second kappa shape index (κ2) is 3.39. The molecule has 1 aromatic heterocycles. The largest absolute Gasteiger partial charge is 0.499 e. The van der Waals surface area contributed by atoms with Crippen LogP contribution in [-0.4, -0.2) is 17.2 Å². The molecule has 0 radical (unpaired) electrons. The van der Waals surface area contributed by atoms with Crippen molar-refractivity contribution in [2.24, 2.45) is 0 Å². The van der Waals surface area contributed by atoms with Crippen LogP contribution in [0.3, 0.4) is 0 Å². The van der Waals surface area contributed by atoms with E-state index in [-0.39, 0.29) is 0 Å². The molecule has 2 rings (SSSR count). The molecule has 0 spiro atoms. The maximum absolute atomic E-state index is 9.03. The Morgan fingerprint density at radius 2 is 1.71 bits per heavy atom. The standard InChI is InChI=1S/C10H11BO2S/c1-6-3-8-5-10(11(12)13)14-9(8)4-7(6)2/h3-5,12-13H,1-2H3. The lowest BCUT2D eigenvalue weighted by Crippen LogP contribution is -2.26. The zero-order valence-electron chi connectivity index (χ0n) is 8.11.